The fourth-order valence-electron chi connectivity index (χ4n) is 4.38. The predicted molar refractivity (Wildman–Crippen MR) is 133 cm³/mol. The van der Waals surface area contributed by atoms with Gasteiger partial charge in [-0.15, -0.1) is 0 Å². The summed E-state index contributed by atoms with van der Waals surface area (Å²) in [6.07, 6.45) is -8.04. The maximum atomic E-state index is 11.0. The zero-order valence-electron chi connectivity index (χ0n) is 21.6. The summed E-state index contributed by atoms with van der Waals surface area (Å²) in [5, 5.41) is 71.6. The quantitative estimate of drug-likeness (QED) is 0.207. The summed E-state index contributed by atoms with van der Waals surface area (Å²) in [6, 6.07) is 6.28. The summed E-state index contributed by atoms with van der Waals surface area (Å²) < 4.78 is 27.1. The molecule has 1 saturated heterocycles. The Labute approximate surface area is 220 Å². The van der Waals surface area contributed by atoms with Gasteiger partial charge >= 0.3 is 0 Å². The highest BCUT2D eigenvalue weighted by molar-refractivity contribution is 5.54. The van der Waals surface area contributed by atoms with Crippen molar-refractivity contribution in [3.63, 3.8) is 0 Å². The lowest BCUT2D eigenvalue weighted by Crippen LogP contribution is -2.59. The Balaban J connectivity index is 2.01. The lowest BCUT2D eigenvalue weighted by molar-refractivity contribution is -0.301. The van der Waals surface area contributed by atoms with E-state index in [-0.39, 0.29) is 41.8 Å². The highest BCUT2D eigenvalue weighted by Crippen LogP contribution is 2.42. The van der Waals surface area contributed by atoms with Gasteiger partial charge in [-0.25, -0.2) is 0 Å². The first kappa shape index (κ1) is 29.7. The van der Waals surface area contributed by atoms with Crippen molar-refractivity contribution >= 4 is 0 Å². The lowest BCUT2D eigenvalue weighted by atomic mass is 9.89. The van der Waals surface area contributed by atoms with Crippen molar-refractivity contribution in [1.82, 2.24) is 0 Å². The Kier molecular flexibility index (Phi) is 10.0. The number of hydrogen-bond acceptors (Lipinski definition) is 12. The van der Waals surface area contributed by atoms with Crippen LogP contribution in [0.2, 0.25) is 0 Å². The Bertz CT molecular complexity index is 1050. The first-order valence-electron chi connectivity index (χ1n) is 12.0. The molecule has 1 heterocycles. The molecule has 0 spiro atoms. The molecule has 0 bridgehead atoms. The summed E-state index contributed by atoms with van der Waals surface area (Å²) in [4.78, 5) is 0. The fraction of sp³-hybridized carbons (Fsp3) is 0.538. The van der Waals surface area contributed by atoms with Gasteiger partial charge in [0.1, 0.15) is 24.4 Å². The molecule has 1 aliphatic rings. The van der Waals surface area contributed by atoms with Gasteiger partial charge in [-0.1, -0.05) is 0 Å². The van der Waals surface area contributed by atoms with E-state index < -0.39 is 49.3 Å². The Morgan fingerprint density at radius 3 is 1.95 bits per heavy atom. The third-order valence-electron chi connectivity index (χ3n) is 6.60. The minimum Gasteiger partial charge on any atom is -0.504 e. The first-order chi connectivity index (χ1) is 18.1. The van der Waals surface area contributed by atoms with E-state index in [0.717, 1.165) is 0 Å². The van der Waals surface area contributed by atoms with Gasteiger partial charge in [-0.05, 0) is 48.7 Å². The molecule has 0 saturated carbocycles. The van der Waals surface area contributed by atoms with Gasteiger partial charge in [0.2, 0.25) is 5.75 Å². The number of methoxy groups -OCH3 is 3. The number of aromatic hydroxyl groups is 2. The molecule has 0 radical (unpaired) electrons. The van der Waals surface area contributed by atoms with Crippen LogP contribution < -0.4 is 14.2 Å². The molecule has 7 atom stereocenters. The van der Waals surface area contributed by atoms with E-state index in [2.05, 4.69) is 0 Å². The van der Waals surface area contributed by atoms with Crippen molar-refractivity contribution in [2.24, 2.45) is 0 Å². The average molecular weight is 541 g/mol. The van der Waals surface area contributed by atoms with Crippen LogP contribution in [0.3, 0.4) is 0 Å². The van der Waals surface area contributed by atoms with Crippen molar-refractivity contribution in [2.75, 3.05) is 34.5 Å². The molecule has 212 valence electrons. The average Bonchev–Trinajstić information content (AvgIpc) is 2.91. The molecular weight excluding hydrogens is 504 g/mol. The van der Waals surface area contributed by atoms with Crippen LogP contribution in [0.25, 0.3) is 0 Å². The summed E-state index contributed by atoms with van der Waals surface area (Å²) in [5.74, 6) is -0.600. The maximum Gasteiger partial charge on any atom is 0.200 e. The zero-order valence-corrected chi connectivity index (χ0v) is 21.6. The second-order valence-corrected chi connectivity index (χ2v) is 9.12. The van der Waals surface area contributed by atoms with Crippen molar-refractivity contribution < 1.29 is 59.4 Å². The predicted octanol–water partition coefficient (Wildman–Crippen LogP) is 0.320. The van der Waals surface area contributed by atoms with E-state index in [4.69, 9.17) is 23.7 Å². The van der Waals surface area contributed by atoms with Gasteiger partial charge in [-0.3, -0.25) is 0 Å². The van der Waals surface area contributed by atoms with Crippen molar-refractivity contribution in [3.05, 3.63) is 41.0 Å². The van der Waals surface area contributed by atoms with Gasteiger partial charge in [0, 0.05) is 11.5 Å². The van der Waals surface area contributed by atoms with Crippen LogP contribution >= 0.6 is 0 Å². The molecule has 2 aromatic rings. The van der Waals surface area contributed by atoms with E-state index in [1.807, 2.05) is 0 Å². The minimum atomic E-state index is -1.62. The number of phenols is 2. The monoisotopic (exact) mass is 540 g/mol. The maximum absolute atomic E-state index is 11.0. The molecule has 7 N–H and O–H groups in total. The number of rotatable bonds is 11. The molecule has 12 nitrogen and oxygen atoms in total. The number of aliphatic hydroxyl groups excluding tert-OH is 5. The largest absolute Gasteiger partial charge is 0.504 e. The van der Waals surface area contributed by atoms with Crippen molar-refractivity contribution in [2.45, 2.75) is 56.1 Å². The van der Waals surface area contributed by atoms with Gasteiger partial charge in [0.25, 0.3) is 0 Å². The van der Waals surface area contributed by atoms with Crippen LogP contribution in [0.15, 0.2) is 24.3 Å². The molecule has 7 unspecified atom stereocenters. The number of aliphatic hydroxyl groups is 5. The topological polar surface area (TPSA) is 188 Å². The SMILES string of the molecule is COc1cc(CC(COC2OC(CO)C(O)C(O)C2O)c2cc(C(C)O)cc(OC)c2O)cc(OC)c1O. The van der Waals surface area contributed by atoms with Crippen LogP contribution in [0.4, 0.5) is 0 Å². The van der Waals surface area contributed by atoms with Crippen LogP contribution in [-0.4, -0.2) is 101 Å². The zero-order chi connectivity index (χ0) is 28.1. The molecular formula is C26H36O12. The van der Waals surface area contributed by atoms with Gasteiger partial charge in [-0.2, -0.15) is 0 Å². The summed E-state index contributed by atoms with van der Waals surface area (Å²) in [5.41, 5.74) is 1.43. The van der Waals surface area contributed by atoms with E-state index in [9.17, 15) is 35.7 Å². The van der Waals surface area contributed by atoms with Crippen LogP contribution in [-0.2, 0) is 15.9 Å². The van der Waals surface area contributed by atoms with E-state index >= 15 is 0 Å². The van der Waals surface area contributed by atoms with Gasteiger partial charge < -0.3 is 59.4 Å². The Morgan fingerprint density at radius 1 is 0.842 bits per heavy atom. The van der Waals surface area contributed by atoms with Crippen LogP contribution in [0.1, 0.15) is 35.6 Å². The molecule has 1 fully saturated rings. The van der Waals surface area contributed by atoms with E-state index in [1.54, 1.807) is 25.1 Å². The van der Waals surface area contributed by atoms with Crippen molar-refractivity contribution in [1.29, 1.82) is 0 Å². The normalized spacial score (nSPS) is 25.0. The smallest absolute Gasteiger partial charge is 0.200 e. The van der Waals surface area contributed by atoms with Gasteiger partial charge in [0.05, 0.1) is 40.6 Å². The number of hydrogen-bond donors (Lipinski definition) is 7. The van der Waals surface area contributed by atoms with Crippen molar-refractivity contribution in [3.8, 4) is 28.7 Å². The molecule has 2 aromatic carbocycles. The molecule has 0 aliphatic carbocycles. The second-order valence-electron chi connectivity index (χ2n) is 9.12. The standard InChI is InChI=1S/C26H36O12/c1-12(28)14-8-16(21(29)19(9-14)36-4)15(5-13-6-17(34-2)22(30)18(7-13)35-3)11-37-26-25(33)24(32)23(31)20(10-27)38-26/h6-9,12,15,20,23-33H,5,10-11H2,1-4H3. The van der Waals surface area contributed by atoms with Crippen LogP contribution in [0, 0.1) is 0 Å². The van der Waals surface area contributed by atoms with E-state index in [0.29, 0.717) is 16.7 Å². The molecule has 0 amide bonds. The third-order valence-corrected chi connectivity index (χ3v) is 6.60. The number of ether oxygens (including phenoxy) is 5. The highest BCUT2D eigenvalue weighted by atomic mass is 16.7. The van der Waals surface area contributed by atoms with E-state index in [1.165, 1.54) is 27.4 Å². The molecule has 12 heteroatoms. The molecule has 38 heavy (non-hydrogen) atoms. The lowest BCUT2D eigenvalue weighted by Gasteiger charge is -2.40. The third kappa shape index (κ3) is 6.24. The Morgan fingerprint density at radius 2 is 1.42 bits per heavy atom. The summed E-state index contributed by atoms with van der Waals surface area (Å²) in [6.45, 7) is 0.759. The summed E-state index contributed by atoms with van der Waals surface area (Å²) >= 11 is 0. The summed E-state index contributed by atoms with van der Waals surface area (Å²) in [7, 11) is 4.15. The molecule has 0 aromatic heterocycles. The second kappa shape index (κ2) is 12.8. The minimum absolute atomic E-state index is 0.122. The molecule has 3 rings (SSSR count). The first-order valence-corrected chi connectivity index (χ1v) is 12.0. The number of phenolic OH excluding ortho intramolecular Hbond substituents is 2. The van der Waals surface area contributed by atoms with Crippen LogP contribution in [0.5, 0.6) is 28.7 Å². The number of benzene rings is 2. The van der Waals surface area contributed by atoms with Gasteiger partial charge in [0.15, 0.2) is 29.3 Å². The molecule has 1 aliphatic heterocycles. The highest BCUT2D eigenvalue weighted by Gasteiger charge is 2.44. The Hall–Kier alpha value is -2.84. The fourth-order valence-corrected chi connectivity index (χ4v) is 4.38.